The lowest BCUT2D eigenvalue weighted by Crippen LogP contribution is -2.34. The number of hydrogen-bond acceptors (Lipinski definition) is 5. The van der Waals surface area contributed by atoms with E-state index in [9.17, 15) is 10.1 Å². The fourth-order valence-corrected chi connectivity index (χ4v) is 2.45. The molecule has 1 aromatic heterocycles. The van der Waals surface area contributed by atoms with Crippen LogP contribution in [0.3, 0.4) is 0 Å². The largest absolute Gasteiger partial charge is 0.359 e. The van der Waals surface area contributed by atoms with Gasteiger partial charge in [0.1, 0.15) is 5.82 Å². The maximum atomic E-state index is 10.9. The van der Waals surface area contributed by atoms with Gasteiger partial charge < -0.3 is 10.2 Å². The predicted octanol–water partition coefficient (Wildman–Crippen LogP) is 1.73. The highest BCUT2D eigenvalue weighted by atomic mass is 16.6. The van der Waals surface area contributed by atoms with Crippen LogP contribution in [0.15, 0.2) is 12.3 Å². The van der Waals surface area contributed by atoms with E-state index in [1.807, 2.05) is 11.9 Å². The zero-order valence-electron chi connectivity index (χ0n) is 11.4. The van der Waals surface area contributed by atoms with Gasteiger partial charge in [-0.1, -0.05) is 0 Å². The molecule has 0 atom stereocenters. The summed E-state index contributed by atoms with van der Waals surface area (Å²) >= 11 is 0. The van der Waals surface area contributed by atoms with Crippen LogP contribution in [-0.2, 0) is 0 Å². The minimum Gasteiger partial charge on any atom is -0.359 e. The number of aryl methyl sites for hydroxylation is 1. The highest BCUT2D eigenvalue weighted by Gasteiger charge is 2.18. The van der Waals surface area contributed by atoms with Crippen molar-refractivity contribution in [2.24, 2.45) is 5.92 Å². The zero-order chi connectivity index (χ0) is 13.8. The fourth-order valence-electron chi connectivity index (χ4n) is 2.45. The molecule has 0 amide bonds. The molecule has 1 aliphatic rings. The summed E-state index contributed by atoms with van der Waals surface area (Å²) in [5.41, 5.74) is 0.742. The molecule has 0 aromatic carbocycles. The molecular weight excluding hydrogens is 244 g/mol. The summed E-state index contributed by atoms with van der Waals surface area (Å²) in [5, 5.41) is 14.3. The second-order valence-electron chi connectivity index (χ2n) is 5.16. The number of rotatable bonds is 4. The maximum absolute atomic E-state index is 10.9. The molecule has 19 heavy (non-hydrogen) atoms. The number of aromatic nitrogens is 1. The third kappa shape index (κ3) is 3.41. The summed E-state index contributed by atoms with van der Waals surface area (Å²) < 4.78 is 0. The van der Waals surface area contributed by atoms with E-state index < -0.39 is 0 Å². The van der Waals surface area contributed by atoms with Crippen LogP contribution in [-0.4, -0.2) is 36.6 Å². The third-order valence-corrected chi connectivity index (χ3v) is 3.64. The van der Waals surface area contributed by atoms with Crippen LogP contribution in [0, 0.1) is 23.0 Å². The Morgan fingerprint density at radius 2 is 2.21 bits per heavy atom. The van der Waals surface area contributed by atoms with Crippen molar-refractivity contribution in [3.8, 4) is 0 Å². The van der Waals surface area contributed by atoms with Crippen molar-refractivity contribution in [3.05, 3.63) is 27.9 Å². The van der Waals surface area contributed by atoms with Crippen LogP contribution in [0.2, 0.25) is 0 Å². The summed E-state index contributed by atoms with van der Waals surface area (Å²) in [7, 11) is 1.95. The van der Waals surface area contributed by atoms with Gasteiger partial charge in [0.25, 0.3) is 5.69 Å². The molecule has 0 aliphatic carbocycles. The van der Waals surface area contributed by atoms with Gasteiger partial charge in [-0.3, -0.25) is 10.1 Å². The van der Waals surface area contributed by atoms with Gasteiger partial charge in [0.05, 0.1) is 11.0 Å². The fraction of sp³-hybridized carbons (Fsp3) is 0.615. The quantitative estimate of drug-likeness (QED) is 0.662. The van der Waals surface area contributed by atoms with Crippen molar-refractivity contribution in [1.29, 1.82) is 0 Å². The highest BCUT2D eigenvalue weighted by molar-refractivity contribution is 5.50. The van der Waals surface area contributed by atoms with Crippen molar-refractivity contribution in [2.45, 2.75) is 19.8 Å². The Hall–Kier alpha value is -1.69. The van der Waals surface area contributed by atoms with Crippen molar-refractivity contribution in [3.63, 3.8) is 0 Å². The van der Waals surface area contributed by atoms with Crippen LogP contribution in [0.5, 0.6) is 0 Å². The Morgan fingerprint density at radius 3 is 2.84 bits per heavy atom. The van der Waals surface area contributed by atoms with E-state index in [1.165, 1.54) is 0 Å². The Balaban J connectivity index is 2.07. The first-order valence-electron chi connectivity index (χ1n) is 6.61. The van der Waals surface area contributed by atoms with Gasteiger partial charge in [0.2, 0.25) is 0 Å². The van der Waals surface area contributed by atoms with Crippen molar-refractivity contribution >= 4 is 11.5 Å². The van der Waals surface area contributed by atoms with E-state index in [0.717, 1.165) is 32.5 Å². The Kier molecular flexibility index (Phi) is 4.31. The average Bonchev–Trinajstić information content (AvgIpc) is 2.40. The van der Waals surface area contributed by atoms with Crippen molar-refractivity contribution < 1.29 is 4.92 Å². The molecule has 1 saturated heterocycles. The van der Waals surface area contributed by atoms with Crippen LogP contribution >= 0.6 is 0 Å². The van der Waals surface area contributed by atoms with Crippen molar-refractivity contribution in [2.75, 3.05) is 31.6 Å². The van der Waals surface area contributed by atoms with Gasteiger partial charge >= 0.3 is 0 Å². The summed E-state index contributed by atoms with van der Waals surface area (Å²) in [5.74, 6) is 1.31. The van der Waals surface area contributed by atoms with Gasteiger partial charge in [-0.25, -0.2) is 4.98 Å². The van der Waals surface area contributed by atoms with E-state index in [2.05, 4.69) is 10.3 Å². The molecule has 6 nitrogen and oxygen atoms in total. The van der Waals surface area contributed by atoms with Gasteiger partial charge in [-0.05, 0) is 38.8 Å². The summed E-state index contributed by atoms with van der Waals surface area (Å²) in [6, 6.07) is 1.57. The molecule has 1 aromatic rings. The molecule has 1 N–H and O–H groups in total. The monoisotopic (exact) mass is 264 g/mol. The normalized spacial score (nSPS) is 16.3. The van der Waals surface area contributed by atoms with Crippen LogP contribution in [0.25, 0.3) is 0 Å². The maximum Gasteiger partial charge on any atom is 0.277 e. The Labute approximate surface area is 113 Å². The average molecular weight is 264 g/mol. The first-order chi connectivity index (χ1) is 9.08. The van der Waals surface area contributed by atoms with Crippen LogP contribution < -0.4 is 10.2 Å². The molecule has 104 valence electrons. The topological polar surface area (TPSA) is 71.3 Å². The smallest absolute Gasteiger partial charge is 0.277 e. The standard InChI is InChI=1S/C13H20N4O2/c1-10-8-15-13(7-12(10)17(18)19)16(2)9-11-3-5-14-6-4-11/h7-8,11,14H,3-6,9H2,1-2H3. The molecule has 0 bridgehead atoms. The summed E-state index contributed by atoms with van der Waals surface area (Å²) in [6.07, 6.45) is 3.88. The number of nitrogens with zero attached hydrogens (tertiary/aromatic N) is 3. The van der Waals surface area contributed by atoms with Gasteiger partial charge in [0, 0.05) is 25.4 Å². The lowest BCUT2D eigenvalue weighted by atomic mass is 9.98. The number of nitro groups is 1. The number of nitrogens with one attached hydrogen (secondary N) is 1. The lowest BCUT2D eigenvalue weighted by molar-refractivity contribution is -0.385. The Morgan fingerprint density at radius 1 is 1.53 bits per heavy atom. The van der Waals surface area contributed by atoms with Crippen LogP contribution in [0.1, 0.15) is 18.4 Å². The number of hydrogen-bond donors (Lipinski definition) is 1. The molecule has 6 heteroatoms. The summed E-state index contributed by atoms with van der Waals surface area (Å²) in [4.78, 5) is 16.9. The van der Waals surface area contributed by atoms with E-state index in [0.29, 0.717) is 17.3 Å². The predicted molar refractivity (Wildman–Crippen MR) is 74.5 cm³/mol. The molecule has 1 fully saturated rings. The number of anilines is 1. The molecular formula is C13H20N4O2. The second kappa shape index (κ2) is 5.97. The van der Waals surface area contributed by atoms with Gasteiger partial charge in [0.15, 0.2) is 0 Å². The van der Waals surface area contributed by atoms with Crippen LogP contribution in [0.4, 0.5) is 11.5 Å². The highest BCUT2D eigenvalue weighted by Crippen LogP contribution is 2.23. The lowest BCUT2D eigenvalue weighted by Gasteiger charge is -2.28. The van der Waals surface area contributed by atoms with Gasteiger partial charge in [-0.2, -0.15) is 0 Å². The zero-order valence-corrected chi connectivity index (χ0v) is 11.4. The molecule has 0 saturated carbocycles. The van der Waals surface area contributed by atoms with E-state index in [-0.39, 0.29) is 10.6 Å². The van der Waals surface area contributed by atoms with E-state index >= 15 is 0 Å². The Bertz CT molecular complexity index is 458. The van der Waals surface area contributed by atoms with Gasteiger partial charge in [-0.15, -0.1) is 0 Å². The number of piperidine rings is 1. The minimum absolute atomic E-state index is 0.141. The summed E-state index contributed by atoms with van der Waals surface area (Å²) in [6.45, 7) is 4.72. The molecule has 0 radical (unpaired) electrons. The van der Waals surface area contributed by atoms with E-state index in [1.54, 1.807) is 19.2 Å². The van der Waals surface area contributed by atoms with E-state index in [4.69, 9.17) is 0 Å². The second-order valence-corrected chi connectivity index (χ2v) is 5.16. The van der Waals surface area contributed by atoms with Crippen molar-refractivity contribution in [1.82, 2.24) is 10.3 Å². The molecule has 2 rings (SSSR count). The molecule has 0 unspecified atom stereocenters. The molecule has 1 aliphatic heterocycles. The SMILES string of the molecule is Cc1cnc(N(C)CC2CCNCC2)cc1[N+](=O)[O-]. The third-order valence-electron chi connectivity index (χ3n) is 3.64. The first kappa shape index (κ1) is 13.7. The molecule has 2 heterocycles. The number of pyridine rings is 1. The first-order valence-corrected chi connectivity index (χ1v) is 6.61. The minimum atomic E-state index is -0.348. The molecule has 0 spiro atoms.